The summed E-state index contributed by atoms with van der Waals surface area (Å²) in [4.78, 5) is 0. The molecule has 118 valence electrons. The van der Waals surface area contributed by atoms with E-state index >= 15 is 0 Å². The van der Waals surface area contributed by atoms with Crippen LogP contribution < -0.4 is 10.1 Å². The van der Waals surface area contributed by atoms with Gasteiger partial charge >= 0.3 is 0 Å². The number of hydrogen-bond donors (Lipinski definition) is 1. The minimum atomic E-state index is 0.351. The normalized spacial score (nSPS) is 10.6. The van der Waals surface area contributed by atoms with Crippen LogP contribution in [0.15, 0.2) is 46.9 Å². The lowest BCUT2D eigenvalue weighted by Crippen LogP contribution is -2.00. The van der Waals surface area contributed by atoms with Gasteiger partial charge in [0.15, 0.2) is 0 Å². The minimum Gasteiger partial charge on any atom is -0.496 e. The molecule has 0 saturated carbocycles. The van der Waals surface area contributed by atoms with Crippen LogP contribution in [0.3, 0.4) is 0 Å². The lowest BCUT2D eigenvalue weighted by atomic mass is 10.2. The Kier molecular flexibility index (Phi) is 4.69. The van der Waals surface area contributed by atoms with E-state index in [0.717, 1.165) is 11.3 Å². The first-order valence-corrected chi connectivity index (χ1v) is 7.57. The molecule has 3 rings (SSSR count). The highest BCUT2D eigenvalue weighted by atomic mass is 35.5. The average molecular weight is 350 g/mol. The second kappa shape index (κ2) is 6.89. The second-order valence-electron chi connectivity index (χ2n) is 4.68. The van der Waals surface area contributed by atoms with Gasteiger partial charge in [0.2, 0.25) is 5.89 Å². The highest BCUT2D eigenvalue weighted by molar-refractivity contribution is 6.36. The Morgan fingerprint density at radius 3 is 2.74 bits per heavy atom. The summed E-state index contributed by atoms with van der Waals surface area (Å²) in [7, 11) is 1.60. The van der Waals surface area contributed by atoms with Gasteiger partial charge in [0.05, 0.1) is 29.9 Å². The molecule has 0 aliphatic rings. The quantitative estimate of drug-likeness (QED) is 0.725. The predicted octanol–water partition coefficient (Wildman–Crippen LogP) is 4.66. The number of halogens is 2. The number of nitrogens with one attached hydrogen (secondary N) is 1. The van der Waals surface area contributed by atoms with Gasteiger partial charge in [0, 0.05) is 5.02 Å². The fraction of sp³-hybridized carbons (Fsp3) is 0.125. The van der Waals surface area contributed by atoms with Crippen LogP contribution in [-0.2, 0) is 6.54 Å². The lowest BCUT2D eigenvalue weighted by Gasteiger charge is -2.06. The van der Waals surface area contributed by atoms with Crippen LogP contribution in [0.5, 0.6) is 5.75 Å². The molecular formula is C16H13Cl2N3O2. The smallest absolute Gasteiger partial charge is 0.251 e. The molecule has 0 aliphatic heterocycles. The number of methoxy groups -OCH3 is 1. The van der Waals surface area contributed by atoms with E-state index in [1.807, 2.05) is 24.3 Å². The van der Waals surface area contributed by atoms with Gasteiger partial charge in [-0.1, -0.05) is 35.3 Å². The number of rotatable bonds is 5. The molecule has 1 N–H and O–H groups in total. The van der Waals surface area contributed by atoms with Crippen LogP contribution in [0.1, 0.15) is 5.89 Å². The van der Waals surface area contributed by atoms with Crippen molar-refractivity contribution in [1.82, 2.24) is 10.2 Å². The van der Waals surface area contributed by atoms with Gasteiger partial charge < -0.3 is 14.5 Å². The molecule has 3 aromatic rings. The first-order chi connectivity index (χ1) is 11.2. The zero-order chi connectivity index (χ0) is 16.2. The van der Waals surface area contributed by atoms with Gasteiger partial charge in [-0.25, -0.2) is 0 Å². The Morgan fingerprint density at radius 2 is 1.96 bits per heavy atom. The topological polar surface area (TPSA) is 60.2 Å². The summed E-state index contributed by atoms with van der Waals surface area (Å²) in [6.07, 6.45) is 0. The summed E-state index contributed by atoms with van der Waals surface area (Å²) in [5, 5.41) is 12.3. The molecule has 0 spiro atoms. The van der Waals surface area contributed by atoms with Crippen molar-refractivity contribution in [2.45, 2.75) is 6.54 Å². The van der Waals surface area contributed by atoms with Gasteiger partial charge in [-0.05, 0) is 30.3 Å². The fourth-order valence-electron chi connectivity index (χ4n) is 2.06. The SMILES string of the molecule is COc1ccccc1-c1nnc(CNc2ccc(Cl)cc2Cl)o1. The van der Waals surface area contributed by atoms with E-state index in [2.05, 4.69) is 15.5 Å². The molecule has 7 heteroatoms. The molecule has 0 bridgehead atoms. The molecule has 0 fully saturated rings. The maximum absolute atomic E-state index is 6.11. The number of benzene rings is 2. The number of para-hydroxylation sites is 1. The molecule has 0 radical (unpaired) electrons. The number of nitrogens with zero attached hydrogens (tertiary/aromatic N) is 2. The Bertz CT molecular complexity index is 821. The molecular weight excluding hydrogens is 337 g/mol. The third-order valence-corrected chi connectivity index (χ3v) is 3.71. The third kappa shape index (κ3) is 3.57. The monoisotopic (exact) mass is 349 g/mol. The molecule has 0 atom stereocenters. The summed E-state index contributed by atoms with van der Waals surface area (Å²) in [6, 6.07) is 12.7. The molecule has 0 aliphatic carbocycles. The van der Waals surface area contributed by atoms with E-state index in [-0.39, 0.29) is 0 Å². The van der Waals surface area contributed by atoms with Crippen LogP contribution in [0.2, 0.25) is 10.0 Å². The van der Waals surface area contributed by atoms with Crippen molar-refractivity contribution in [3.63, 3.8) is 0 Å². The zero-order valence-corrected chi connectivity index (χ0v) is 13.7. The van der Waals surface area contributed by atoms with Crippen molar-refractivity contribution in [3.8, 4) is 17.2 Å². The molecule has 23 heavy (non-hydrogen) atoms. The molecule has 1 aromatic heterocycles. The van der Waals surface area contributed by atoms with Crippen molar-refractivity contribution in [3.05, 3.63) is 58.4 Å². The Balaban J connectivity index is 1.75. The van der Waals surface area contributed by atoms with Crippen molar-refractivity contribution in [2.75, 3.05) is 12.4 Å². The highest BCUT2D eigenvalue weighted by Gasteiger charge is 2.13. The molecule has 1 heterocycles. The van der Waals surface area contributed by atoms with E-state index in [4.69, 9.17) is 32.4 Å². The second-order valence-corrected chi connectivity index (χ2v) is 5.52. The number of hydrogen-bond acceptors (Lipinski definition) is 5. The number of anilines is 1. The third-order valence-electron chi connectivity index (χ3n) is 3.17. The van der Waals surface area contributed by atoms with Crippen molar-refractivity contribution < 1.29 is 9.15 Å². The minimum absolute atomic E-state index is 0.351. The first kappa shape index (κ1) is 15.6. The van der Waals surface area contributed by atoms with Gasteiger partial charge in [0.25, 0.3) is 5.89 Å². The van der Waals surface area contributed by atoms with E-state index in [9.17, 15) is 0 Å². The van der Waals surface area contributed by atoms with Crippen LogP contribution in [-0.4, -0.2) is 17.3 Å². The molecule has 0 unspecified atom stereocenters. The van der Waals surface area contributed by atoms with Crippen molar-refractivity contribution in [2.24, 2.45) is 0 Å². The zero-order valence-electron chi connectivity index (χ0n) is 12.2. The van der Waals surface area contributed by atoms with Gasteiger partial charge in [-0.15, -0.1) is 10.2 Å². The van der Waals surface area contributed by atoms with E-state index in [0.29, 0.717) is 34.1 Å². The van der Waals surface area contributed by atoms with E-state index in [1.165, 1.54) is 0 Å². The van der Waals surface area contributed by atoms with Crippen LogP contribution in [0, 0.1) is 0 Å². The van der Waals surface area contributed by atoms with Gasteiger partial charge in [-0.3, -0.25) is 0 Å². The Morgan fingerprint density at radius 1 is 1.13 bits per heavy atom. The summed E-state index contributed by atoms with van der Waals surface area (Å²) >= 11 is 12.0. The van der Waals surface area contributed by atoms with Crippen LogP contribution in [0.4, 0.5) is 5.69 Å². The number of aromatic nitrogens is 2. The summed E-state index contributed by atoms with van der Waals surface area (Å²) in [5.74, 6) is 1.52. The first-order valence-electron chi connectivity index (χ1n) is 6.82. The Labute approximate surface area is 143 Å². The summed E-state index contributed by atoms with van der Waals surface area (Å²) in [5.41, 5.74) is 1.49. The summed E-state index contributed by atoms with van der Waals surface area (Å²) in [6.45, 7) is 0.351. The van der Waals surface area contributed by atoms with E-state index in [1.54, 1.807) is 25.3 Å². The van der Waals surface area contributed by atoms with Crippen LogP contribution in [0.25, 0.3) is 11.5 Å². The van der Waals surface area contributed by atoms with Crippen LogP contribution >= 0.6 is 23.2 Å². The highest BCUT2D eigenvalue weighted by Crippen LogP contribution is 2.29. The fourth-order valence-corrected chi connectivity index (χ4v) is 2.53. The summed E-state index contributed by atoms with van der Waals surface area (Å²) < 4.78 is 11.0. The maximum atomic E-state index is 6.11. The van der Waals surface area contributed by atoms with Gasteiger partial charge in [0.1, 0.15) is 5.75 Å². The molecule has 5 nitrogen and oxygen atoms in total. The molecule has 2 aromatic carbocycles. The van der Waals surface area contributed by atoms with E-state index < -0.39 is 0 Å². The molecule has 0 amide bonds. The largest absolute Gasteiger partial charge is 0.496 e. The standard InChI is InChI=1S/C16H13Cl2N3O2/c1-22-14-5-3-2-4-11(14)16-21-20-15(23-16)9-19-13-7-6-10(17)8-12(13)18/h2-8,19H,9H2,1H3. The lowest BCUT2D eigenvalue weighted by molar-refractivity contribution is 0.413. The van der Waals surface area contributed by atoms with Crippen molar-refractivity contribution in [1.29, 1.82) is 0 Å². The molecule has 0 saturated heterocycles. The predicted molar refractivity (Wildman–Crippen MR) is 90.1 cm³/mol. The Hall–Kier alpha value is -2.24. The average Bonchev–Trinajstić information content (AvgIpc) is 3.03. The van der Waals surface area contributed by atoms with Gasteiger partial charge in [-0.2, -0.15) is 0 Å². The van der Waals surface area contributed by atoms with Crippen molar-refractivity contribution >= 4 is 28.9 Å². The maximum Gasteiger partial charge on any atom is 0.251 e. The number of ether oxygens (including phenoxy) is 1.